The zero-order valence-electron chi connectivity index (χ0n) is 11.8. The number of para-hydroxylation sites is 1. The first-order valence-electron chi connectivity index (χ1n) is 6.74. The van der Waals surface area contributed by atoms with Gasteiger partial charge in [-0.05, 0) is 42.1 Å². The van der Waals surface area contributed by atoms with Crippen LogP contribution in [0.5, 0.6) is 0 Å². The molecule has 0 bridgehead atoms. The fourth-order valence-electron chi connectivity index (χ4n) is 2.19. The minimum Gasteiger partial charge on any atom is -0.322 e. The number of benzene rings is 2. The van der Waals surface area contributed by atoms with E-state index in [1.165, 1.54) is 0 Å². The largest absolute Gasteiger partial charge is 0.322 e. The Labute approximate surface area is 131 Å². The number of carbonyl (C=O) groups is 1. The summed E-state index contributed by atoms with van der Waals surface area (Å²) in [5.74, 6) is -0.466. The SMILES string of the molecule is Cc1ccc(NC(=O)c2cc3ccccc3[nH]c2=O)cc1Cl. The lowest BCUT2D eigenvalue weighted by Gasteiger charge is -2.07. The standard InChI is InChI=1S/C17H13ClN2O2/c1-10-6-7-12(9-14(10)18)19-16(21)13-8-11-4-2-3-5-15(11)20-17(13)22/h2-9H,1H3,(H,19,21)(H,20,22). The Morgan fingerprint density at radius 2 is 1.91 bits per heavy atom. The van der Waals surface area contributed by atoms with Crippen LogP contribution < -0.4 is 10.9 Å². The van der Waals surface area contributed by atoms with E-state index in [1.54, 1.807) is 24.3 Å². The maximum absolute atomic E-state index is 12.3. The molecule has 4 nitrogen and oxygen atoms in total. The molecule has 0 aliphatic rings. The van der Waals surface area contributed by atoms with E-state index in [9.17, 15) is 9.59 Å². The minimum absolute atomic E-state index is 0.0652. The maximum Gasteiger partial charge on any atom is 0.261 e. The van der Waals surface area contributed by atoms with Gasteiger partial charge in [-0.3, -0.25) is 9.59 Å². The molecule has 0 fully saturated rings. The summed E-state index contributed by atoms with van der Waals surface area (Å²) in [6.07, 6.45) is 0. The zero-order chi connectivity index (χ0) is 15.7. The summed E-state index contributed by atoms with van der Waals surface area (Å²) in [6.45, 7) is 1.88. The molecule has 0 spiro atoms. The predicted octanol–water partition coefficient (Wildman–Crippen LogP) is 3.74. The second-order valence-corrected chi connectivity index (χ2v) is 5.42. The summed E-state index contributed by atoms with van der Waals surface area (Å²) < 4.78 is 0. The molecular weight excluding hydrogens is 300 g/mol. The van der Waals surface area contributed by atoms with Crippen LogP contribution in [0.3, 0.4) is 0 Å². The molecule has 1 amide bonds. The molecule has 22 heavy (non-hydrogen) atoms. The fourth-order valence-corrected chi connectivity index (χ4v) is 2.37. The van der Waals surface area contributed by atoms with E-state index in [-0.39, 0.29) is 5.56 Å². The number of fused-ring (bicyclic) bond motifs is 1. The maximum atomic E-state index is 12.3. The van der Waals surface area contributed by atoms with E-state index in [0.29, 0.717) is 16.2 Å². The molecule has 5 heteroatoms. The van der Waals surface area contributed by atoms with Crippen molar-refractivity contribution < 1.29 is 4.79 Å². The first kappa shape index (κ1) is 14.4. The van der Waals surface area contributed by atoms with Gasteiger partial charge < -0.3 is 10.3 Å². The van der Waals surface area contributed by atoms with Crippen molar-refractivity contribution in [3.8, 4) is 0 Å². The Bertz CT molecular complexity index is 931. The molecule has 0 saturated carbocycles. The van der Waals surface area contributed by atoms with Crippen molar-refractivity contribution in [1.82, 2.24) is 4.98 Å². The van der Waals surface area contributed by atoms with Crippen molar-refractivity contribution >= 4 is 34.1 Å². The van der Waals surface area contributed by atoms with E-state index in [0.717, 1.165) is 10.9 Å². The molecule has 110 valence electrons. The number of amides is 1. The Kier molecular flexibility index (Phi) is 3.69. The number of pyridine rings is 1. The molecule has 1 heterocycles. The van der Waals surface area contributed by atoms with Crippen molar-refractivity contribution in [3.63, 3.8) is 0 Å². The molecular formula is C17H13ClN2O2. The summed E-state index contributed by atoms with van der Waals surface area (Å²) in [7, 11) is 0. The lowest BCUT2D eigenvalue weighted by Crippen LogP contribution is -2.23. The van der Waals surface area contributed by atoms with Gasteiger partial charge in [0.15, 0.2) is 0 Å². The van der Waals surface area contributed by atoms with Crippen LogP contribution in [0, 0.1) is 6.92 Å². The highest BCUT2D eigenvalue weighted by molar-refractivity contribution is 6.31. The van der Waals surface area contributed by atoms with Gasteiger partial charge in [0.25, 0.3) is 11.5 Å². The van der Waals surface area contributed by atoms with E-state index in [1.807, 2.05) is 31.2 Å². The van der Waals surface area contributed by atoms with Gasteiger partial charge in [0.2, 0.25) is 0 Å². The summed E-state index contributed by atoms with van der Waals surface area (Å²) in [6, 6.07) is 14.1. The highest BCUT2D eigenvalue weighted by Crippen LogP contribution is 2.20. The number of hydrogen-bond acceptors (Lipinski definition) is 2. The van der Waals surface area contributed by atoms with Gasteiger partial charge in [-0.1, -0.05) is 35.9 Å². The molecule has 0 radical (unpaired) electrons. The van der Waals surface area contributed by atoms with Gasteiger partial charge >= 0.3 is 0 Å². The van der Waals surface area contributed by atoms with Crippen LogP contribution >= 0.6 is 11.6 Å². The van der Waals surface area contributed by atoms with Gasteiger partial charge in [-0.25, -0.2) is 0 Å². The predicted molar refractivity (Wildman–Crippen MR) is 88.7 cm³/mol. The number of aryl methyl sites for hydroxylation is 1. The smallest absolute Gasteiger partial charge is 0.261 e. The van der Waals surface area contributed by atoms with Gasteiger partial charge in [0, 0.05) is 16.2 Å². The normalized spacial score (nSPS) is 10.6. The average molecular weight is 313 g/mol. The van der Waals surface area contributed by atoms with Crippen molar-refractivity contribution in [2.75, 3.05) is 5.32 Å². The number of nitrogens with one attached hydrogen (secondary N) is 2. The lowest BCUT2D eigenvalue weighted by molar-refractivity contribution is 0.102. The van der Waals surface area contributed by atoms with Crippen molar-refractivity contribution in [2.45, 2.75) is 6.92 Å². The third-order valence-corrected chi connectivity index (χ3v) is 3.83. The van der Waals surface area contributed by atoms with Crippen LogP contribution in [0.25, 0.3) is 10.9 Å². The molecule has 1 aromatic heterocycles. The second-order valence-electron chi connectivity index (χ2n) is 5.02. The van der Waals surface area contributed by atoms with E-state index < -0.39 is 11.5 Å². The second kappa shape index (κ2) is 5.66. The lowest BCUT2D eigenvalue weighted by atomic mass is 10.1. The quantitative estimate of drug-likeness (QED) is 0.757. The van der Waals surface area contributed by atoms with Gasteiger partial charge in [0.05, 0.1) is 0 Å². The fraction of sp³-hybridized carbons (Fsp3) is 0.0588. The zero-order valence-corrected chi connectivity index (χ0v) is 12.6. The monoisotopic (exact) mass is 312 g/mol. The summed E-state index contributed by atoms with van der Waals surface area (Å²) in [4.78, 5) is 27.0. The van der Waals surface area contributed by atoms with E-state index in [4.69, 9.17) is 11.6 Å². The number of hydrogen-bond donors (Lipinski definition) is 2. The minimum atomic E-state index is -0.466. The van der Waals surface area contributed by atoms with Crippen LogP contribution in [-0.4, -0.2) is 10.9 Å². The number of aromatic amines is 1. The molecule has 2 aromatic carbocycles. The van der Waals surface area contributed by atoms with E-state index >= 15 is 0 Å². The number of carbonyl (C=O) groups excluding carboxylic acids is 1. The Hall–Kier alpha value is -2.59. The number of anilines is 1. The van der Waals surface area contributed by atoms with Gasteiger partial charge in [-0.15, -0.1) is 0 Å². The van der Waals surface area contributed by atoms with Crippen molar-refractivity contribution in [3.05, 3.63) is 75.0 Å². The molecule has 0 aliphatic carbocycles. The Balaban J connectivity index is 1.96. The van der Waals surface area contributed by atoms with Gasteiger partial charge in [-0.2, -0.15) is 0 Å². The average Bonchev–Trinajstić information content (AvgIpc) is 2.50. The summed E-state index contributed by atoms with van der Waals surface area (Å²) >= 11 is 6.03. The number of rotatable bonds is 2. The Morgan fingerprint density at radius 3 is 2.68 bits per heavy atom. The third-order valence-electron chi connectivity index (χ3n) is 3.43. The van der Waals surface area contributed by atoms with Crippen molar-refractivity contribution in [1.29, 1.82) is 0 Å². The summed E-state index contributed by atoms with van der Waals surface area (Å²) in [5.41, 5.74) is 1.81. The van der Waals surface area contributed by atoms with Crippen molar-refractivity contribution in [2.24, 2.45) is 0 Å². The molecule has 0 atom stereocenters. The van der Waals surface area contributed by atoms with Crippen LogP contribution in [0.2, 0.25) is 5.02 Å². The highest BCUT2D eigenvalue weighted by Gasteiger charge is 2.12. The third kappa shape index (κ3) is 2.73. The number of halogens is 1. The summed E-state index contributed by atoms with van der Waals surface area (Å²) in [5, 5.41) is 4.05. The highest BCUT2D eigenvalue weighted by atomic mass is 35.5. The molecule has 3 rings (SSSR count). The molecule has 0 unspecified atom stereocenters. The number of aromatic nitrogens is 1. The molecule has 3 aromatic rings. The van der Waals surface area contributed by atoms with Crippen LogP contribution in [-0.2, 0) is 0 Å². The van der Waals surface area contributed by atoms with E-state index in [2.05, 4.69) is 10.3 Å². The van der Waals surface area contributed by atoms with Crippen LogP contribution in [0.4, 0.5) is 5.69 Å². The van der Waals surface area contributed by atoms with Gasteiger partial charge in [0.1, 0.15) is 5.56 Å². The van der Waals surface area contributed by atoms with Crippen LogP contribution in [0.15, 0.2) is 53.3 Å². The topological polar surface area (TPSA) is 62.0 Å². The first-order chi connectivity index (χ1) is 10.5. The molecule has 0 aliphatic heterocycles. The first-order valence-corrected chi connectivity index (χ1v) is 7.12. The molecule has 2 N–H and O–H groups in total. The number of H-pyrrole nitrogens is 1. The molecule has 0 saturated heterocycles. The Morgan fingerprint density at radius 1 is 1.14 bits per heavy atom. The van der Waals surface area contributed by atoms with Crippen LogP contribution in [0.1, 0.15) is 15.9 Å².